The summed E-state index contributed by atoms with van der Waals surface area (Å²) in [4.78, 5) is 0. The molecule has 0 aromatic rings. The zero-order valence-electron chi connectivity index (χ0n) is 9.37. The lowest BCUT2D eigenvalue weighted by atomic mass is 10.0. The Morgan fingerprint density at radius 2 is 2.27 bits per heavy atom. The van der Waals surface area contributed by atoms with Crippen molar-refractivity contribution < 1.29 is 5.21 Å². The Morgan fingerprint density at radius 3 is 2.73 bits per heavy atom. The molecule has 4 heteroatoms. The highest BCUT2D eigenvalue weighted by atomic mass is 16.4. The second-order valence-electron chi connectivity index (χ2n) is 5.28. The number of nitrogens with two attached hydrogens (primary N) is 1. The molecule has 2 fully saturated rings. The van der Waals surface area contributed by atoms with E-state index in [0.717, 1.165) is 18.9 Å². The summed E-state index contributed by atoms with van der Waals surface area (Å²) in [6.07, 6.45) is 5.89. The summed E-state index contributed by atoms with van der Waals surface area (Å²) in [6.45, 7) is 3.28. The maximum Gasteiger partial charge on any atom is 0.139 e. The molecule has 15 heavy (non-hydrogen) atoms. The fourth-order valence-electron chi connectivity index (χ4n) is 2.15. The Bertz CT molecular complexity index is 257. The van der Waals surface area contributed by atoms with Crippen LogP contribution in [0, 0.1) is 11.3 Å². The Morgan fingerprint density at radius 1 is 1.60 bits per heavy atom. The molecule has 0 aliphatic heterocycles. The number of nitrogens with zero attached hydrogens (tertiary/aromatic N) is 1. The van der Waals surface area contributed by atoms with Crippen molar-refractivity contribution in [3.8, 4) is 0 Å². The summed E-state index contributed by atoms with van der Waals surface area (Å²) in [5.74, 6) is 1.26. The van der Waals surface area contributed by atoms with Gasteiger partial charge in [-0.05, 0) is 43.9 Å². The van der Waals surface area contributed by atoms with Gasteiger partial charge in [-0.3, -0.25) is 0 Å². The Labute approximate surface area is 90.9 Å². The first-order valence-electron chi connectivity index (χ1n) is 5.85. The maximum absolute atomic E-state index is 8.54. The Hall–Kier alpha value is -0.770. The lowest BCUT2D eigenvalue weighted by Gasteiger charge is -2.19. The molecule has 0 saturated heterocycles. The molecule has 2 saturated carbocycles. The number of rotatable bonds is 6. The van der Waals surface area contributed by atoms with Gasteiger partial charge in [0.2, 0.25) is 0 Å². The Kier molecular flexibility index (Phi) is 2.87. The van der Waals surface area contributed by atoms with Crippen molar-refractivity contribution in [1.29, 1.82) is 0 Å². The average Bonchev–Trinajstić information content (AvgIpc) is 3.09. The van der Waals surface area contributed by atoms with Gasteiger partial charge in [0.15, 0.2) is 0 Å². The minimum atomic E-state index is 0.291. The average molecular weight is 211 g/mol. The van der Waals surface area contributed by atoms with E-state index < -0.39 is 0 Å². The summed E-state index contributed by atoms with van der Waals surface area (Å²) in [5.41, 5.74) is 5.84. The summed E-state index contributed by atoms with van der Waals surface area (Å²) in [7, 11) is 0. The predicted molar refractivity (Wildman–Crippen MR) is 59.9 cm³/mol. The second-order valence-corrected chi connectivity index (χ2v) is 5.28. The largest absolute Gasteiger partial charge is 0.409 e. The molecule has 2 rings (SSSR count). The van der Waals surface area contributed by atoms with E-state index in [2.05, 4.69) is 17.4 Å². The van der Waals surface area contributed by atoms with E-state index in [-0.39, 0.29) is 0 Å². The van der Waals surface area contributed by atoms with Gasteiger partial charge in [-0.15, -0.1) is 0 Å². The van der Waals surface area contributed by atoms with Gasteiger partial charge in [0.05, 0.1) is 0 Å². The summed E-state index contributed by atoms with van der Waals surface area (Å²) in [6, 6.07) is 0.634. The van der Waals surface area contributed by atoms with Crippen LogP contribution in [-0.4, -0.2) is 23.6 Å². The SMILES string of the molecule is CC(NCC1(CC(N)=NO)CC1)C1CC1. The fraction of sp³-hybridized carbons (Fsp3) is 0.909. The number of hydrogen-bond acceptors (Lipinski definition) is 3. The van der Waals surface area contributed by atoms with Gasteiger partial charge in [-0.25, -0.2) is 0 Å². The van der Waals surface area contributed by atoms with Crippen LogP contribution in [0.3, 0.4) is 0 Å². The molecular formula is C11H21N3O. The van der Waals surface area contributed by atoms with Crippen LogP contribution in [0.15, 0.2) is 5.16 Å². The highest BCUT2D eigenvalue weighted by Gasteiger charge is 2.43. The highest BCUT2D eigenvalue weighted by molar-refractivity contribution is 5.80. The summed E-state index contributed by atoms with van der Waals surface area (Å²) >= 11 is 0. The van der Waals surface area contributed by atoms with Crippen LogP contribution in [-0.2, 0) is 0 Å². The summed E-state index contributed by atoms with van der Waals surface area (Å²) in [5, 5.41) is 15.2. The van der Waals surface area contributed by atoms with Crippen molar-refractivity contribution in [2.75, 3.05) is 6.54 Å². The maximum atomic E-state index is 8.54. The molecule has 0 radical (unpaired) electrons. The van der Waals surface area contributed by atoms with Crippen LogP contribution >= 0.6 is 0 Å². The fourth-order valence-corrected chi connectivity index (χ4v) is 2.15. The molecular weight excluding hydrogens is 190 g/mol. The minimum Gasteiger partial charge on any atom is -0.409 e. The van der Waals surface area contributed by atoms with Gasteiger partial charge in [0.1, 0.15) is 5.84 Å². The molecule has 2 aliphatic rings. The molecule has 0 aromatic carbocycles. The van der Waals surface area contributed by atoms with Gasteiger partial charge in [-0.1, -0.05) is 5.16 Å². The van der Waals surface area contributed by atoms with Crippen molar-refractivity contribution in [2.45, 2.75) is 45.1 Å². The van der Waals surface area contributed by atoms with Gasteiger partial charge in [0, 0.05) is 19.0 Å². The first kappa shape index (κ1) is 10.7. The molecule has 4 nitrogen and oxygen atoms in total. The van der Waals surface area contributed by atoms with Crippen LogP contribution in [0.25, 0.3) is 0 Å². The van der Waals surface area contributed by atoms with Gasteiger partial charge in [0.25, 0.3) is 0 Å². The first-order valence-corrected chi connectivity index (χ1v) is 5.85. The van der Waals surface area contributed by atoms with Crippen LogP contribution in [0.2, 0.25) is 0 Å². The van der Waals surface area contributed by atoms with Crippen LogP contribution < -0.4 is 11.1 Å². The normalized spacial score (nSPS) is 26.3. The Balaban J connectivity index is 1.73. The molecule has 0 amide bonds. The third-order valence-electron chi connectivity index (χ3n) is 3.77. The molecule has 2 aliphatic carbocycles. The molecule has 0 heterocycles. The van der Waals surface area contributed by atoms with Crippen molar-refractivity contribution in [3.05, 3.63) is 0 Å². The van der Waals surface area contributed by atoms with Gasteiger partial charge >= 0.3 is 0 Å². The van der Waals surface area contributed by atoms with Crippen molar-refractivity contribution in [2.24, 2.45) is 22.2 Å². The van der Waals surface area contributed by atoms with Crippen LogP contribution in [0.4, 0.5) is 0 Å². The standard InChI is InChI=1S/C11H21N3O/c1-8(9-2-3-9)13-7-11(4-5-11)6-10(12)14-15/h8-9,13,15H,2-7H2,1H3,(H2,12,14). The quantitative estimate of drug-likeness (QED) is 0.268. The smallest absolute Gasteiger partial charge is 0.139 e. The lowest BCUT2D eigenvalue weighted by molar-refractivity contribution is 0.313. The van der Waals surface area contributed by atoms with Crippen molar-refractivity contribution in [1.82, 2.24) is 5.32 Å². The topological polar surface area (TPSA) is 70.6 Å². The van der Waals surface area contributed by atoms with E-state index in [1.807, 2.05) is 0 Å². The van der Waals surface area contributed by atoms with E-state index in [0.29, 0.717) is 17.3 Å². The molecule has 4 N–H and O–H groups in total. The van der Waals surface area contributed by atoms with E-state index in [1.54, 1.807) is 0 Å². The molecule has 86 valence electrons. The number of amidine groups is 1. The molecule has 0 bridgehead atoms. The van der Waals surface area contributed by atoms with Crippen LogP contribution in [0.5, 0.6) is 0 Å². The number of oxime groups is 1. The first-order chi connectivity index (χ1) is 7.15. The summed E-state index contributed by atoms with van der Waals surface area (Å²) < 4.78 is 0. The van der Waals surface area contributed by atoms with Gasteiger partial charge < -0.3 is 16.3 Å². The zero-order valence-corrected chi connectivity index (χ0v) is 9.37. The lowest BCUT2D eigenvalue weighted by Crippen LogP contribution is -2.35. The highest BCUT2D eigenvalue weighted by Crippen LogP contribution is 2.48. The third-order valence-corrected chi connectivity index (χ3v) is 3.77. The predicted octanol–water partition coefficient (Wildman–Crippen LogP) is 1.29. The van der Waals surface area contributed by atoms with E-state index in [4.69, 9.17) is 10.9 Å². The van der Waals surface area contributed by atoms with Gasteiger partial charge in [-0.2, -0.15) is 0 Å². The monoisotopic (exact) mass is 211 g/mol. The van der Waals surface area contributed by atoms with Crippen molar-refractivity contribution >= 4 is 5.84 Å². The molecule has 1 unspecified atom stereocenters. The molecule has 0 aromatic heterocycles. The minimum absolute atomic E-state index is 0.291. The number of nitrogens with one attached hydrogen (secondary N) is 1. The van der Waals surface area contributed by atoms with E-state index in [1.165, 1.54) is 25.7 Å². The van der Waals surface area contributed by atoms with Crippen LogP contribution in [0.1, 0.15) is 39.0 Å². The molecule has 0 spiro atoms. The van der Waals surface area contributed by atoms with Crippen molar-refractivity contribution in [3.63, 3.8) is 0 Å². The second kappa shape index (κ2) is 4.00. The molecule has 1 atom stereocenters. The van der Waals surface area contributed by atoms with E-state index >= 15 is 0 Å². The number of hydrogen-bond donors (Lipinski definition) is 3. The third kappa shape index (κ3) is 2.84. The zero-order chi connectivity index (χ0) is 10.9. The van der Waals surface area contributed by atoms with E-state index in [9.17, 15) is 0 Å².